The average Bonchev–Trinajstić information content (AvgIpc) is 2.26. The molecule has 0 unspecified atom stereocenters. The lowest BCUT2D eigenvalue weighted by atomic mass is 10.1. The van der Waals surface area contributed by atoms with E-state index >= 15 is 0 Å². The summed E-state index contributed by atoms with van der Waals surface area (Å²) in [5.74, 6) is -0.231. The first kappa shape index (κ1) is 11.5. The molecule has 3 N–H and O–H groups in total. The monoisotopic (exact) mass is 230 g/mol. The molecule has 0 aliphatic heterocycles. The number of rotatable bonds is 2. The van der Waals surface area contributed by atoms with E-state index in [-0.39, 0.29) is 5.82 Å². The van der Waals surface area contributed by atoms with Gasteiger partial charge in [-0.2, -0.15) is 0 Å². The number of anilines is 3. The fourth-order valence-electron chi connectivity index (χ4n) is 1.76. The number of benzene rings is 2. The summed E-state index contributed by atoms with van der Waals surface area (Å²) in [6, 6.07) is 10.4. The molecule has 2 nitrogen and oxygen atoms in total. The van der Waals surface area contributed by atoms with E-state index in [0.717, 1.165) is 22.5 Å². The van der Waals surface area contributed by atoms with E-state index in [2.05, 4.69) is 5.32 Å². The molecular formula is C14H15FN2. The molecule has 88 valence electrons. The first-order valence-corrected chi connectivity index (χ1v) is 5.46. The summed E-state index contributed by atoms with van der Waals surface area (Å²) < 4.78 is 13.0. The van der Waals surface area contributed by atoms with Gasteiger partial charge in [0.15, 0.2) is 0 Å². The van der Waals surface area contributed by atoms with Gasteiger partial charge >= 0.3 is 0 Å². The standard InChI is InChI=1S/C14H15FN2/c1-9-4-3-5-12(16)14(9)17-13-7-6-11(15)8-10(13)2/h3-8,17H,16H2,1-2H3. The van der Waals surface area contributed by atoms with Crippen molar-refractivity contribution in [2.75, 3.05) is 11.1 Å². The van der Waals surface area contributed by atoms with Gasteiger partial charge in [0, 0.05) is 5.69 Å². The lowest BCUT2D eigenvalue weighted by Gasteiger charge is -2.14. The van der Waals surface area contributed by atoms with Gasteiger partial charge in [0.25, 0.3) is 0 Å². The van der Waals surface area contributed by atoms with Crippen LogP contribution in [-0.4, -0.2) is 0 Å². The summed E-state index contributed by atoms with van der Waals surface area (Å²) in [6.07, 6.45) is 0. The lowest BCUT2D eigenvalue weighted by molar-refractivity contribution is 0.627. The molecule has 2 aromatic carbocycles. The topological polar surface area (TPSA) is 38.0 Å². The predicted molar refractivity (Wildman–Crippen MR) is 70.0 cm³/mol. The smallest absolute Gasteiger partial charge is 0.123 e. The molecule has 0 aliphatic carbocycles. The zero-order valence-electron chi connectivity index (χ0n) is 9.92. The Kier molecular flexibility index (Phi) is 3.00. The minimum Gasteiger partial charge on any atom is -0.397 e. The minimum atomic E-state index is -0.231. The van der Waals surface area contributed by atoms with Gasteiger partial charge in [0.05, 0.1) is 11.4 Å². The highest BCUT2D eigenvalue weighted by molar-refractivity contribution is 5.76. The first-order valence-electron chi connectivity index (χ1n) is 5.46. The molecule has 0 heterocycles. The van der Waals surface area contributed by atoms with Crippen LogP contribution in [0.25, 0.3) is 0 Å². The molecule has 0 fully saturated rings. The van der Waals surface area contributed by atoms with Crippen molar-refractivity contribution in [3.05, 3.63) is 53.3 Å². The van der Waals surface area contributed by atoms with Crippen molar-refractivity contribution < 1.29 is 4.39 Å². The average molecular weight is 230 g/mol. The third kappa shape index (κ3) is 2.38. The number of para-hydroxylation sites is 1. The van der Waals surface area contributed by atoms with Gasteiger partial charge in [0.1, 0.15) is 5.82 Å². The quantitative estimate of drug-likeness (QED) is 0.771. The molecule has 17 heavy (non-hydrogen) atoms. The van der Waals surface area contributed by atoms with Crippen molar-refractivity contribution in [1.29, 1.82) is 0 Å². The Balaban J connectivity index is 2.38. The maximum absolute atomic E-state index is 13.0. The van der Waals surface area contributed by atoms with E-state index in [9.17, 15) is 4.39 Å². The van der Waals surface area contributed by atoms with Crippen LogP contribution in [-0.2, 0) is 0 Å². The molecular weight excluding hydrogens is 215 g/mol. The summed E-state index contributed by atoms with van der Waals surface area (Å²) in [5, 5.41) is 3.24. The molecule has 0 aromatic heterocycles. The van der Waals surface area contributed by atoms with Crippen LogP contribution < -0.4 is 11.1 Å². The molecule has 3 heteroatoms. The van der Waals surface area contributed by atoms with E-state index in [4.69, 9.17) is 5.73 Å². The van der Waals surface area contributed by atoms with E-state index in [1.165, 1.54) is 12.1 Å². The predicted octanol–water partition coefficient (Wildman–Crippen LogP) is 3.77. The Morgan fingerprint density at radius 2 is 1.82 bits per heavy atom. The van der Waals surface area contributed by atoms with Crippen LogP contribution in [0.4, 0.5) is 21.5 Å². The number of nitrogen functional groups attached to an aromatic ring is 1. The maximum atomic E-state index is 13.0. The lowest BCUT2D eigenvalue weighted by Crippen LogP contribution is -2.00. The molecule has 0 spiro atoms. The zero-order chi connectivity index (χ0) is 12.4. The highest BCUT2D eigenvalue weighted by atomic mass is 19.1. The second-order valence-electron chi connectivity index (χ2n) is 4.12. The summed E-state index contributed by atoms with van der Waals surface area (Å²) in [7, 11) is 0. The van der Waals surface area contributed by atoms with Crippen LogP contribution in [0.3, 0.4) is 0 Å². The Morgan fingerprint density at radius 3 is 2.47 bits per heavy atom. The number of hydrogen-bond acceptors (Lipinski definition) is 2. The van der Waals surface area contributed by atoms with Crippen molar-refractivity contribution in [3.63, 3.8) is 0 Å². The van der Waals surface area contributed by atoms with E-state index in [0.29, 0.717) is 5.69 Å². The SMILES string of the molecule is Cc1cc(F)ccc1Nc1c(C)cccc1N. The van der Waals surface area contributed by atoms with Gasteiger partial charge in [-0.05, 0) is 49.2 Å². The Labute approximate surface area is 100 Å². The van der Waals surface area contributed by atoms with Crippen molar-refractivity contribution >= 4 is 17.1 Å². The van der Waals surface area contributed by atoms with Crippen LogP contribution in [0.2, 0.25) is 0 Å². The van der Waals surface area contributed by atoms with Crippen LogP contribution in [0.15, 0.2) is 36.4 Å². The van der Waals surface area contributed by atoms with Crippen LogP contribution in [0.1, 0.15) is 11.1 Å². The second-order valence-corrected chi connectivity index (χ2v) is 4.12. The number of nitrogens with one attached hydrogen (secondary N) is 1. The van der Waals surface area contributed by atoms with E-state index in [1.807, 2.05) is 32.0 Å². The first-order chi connectivity index (χ1) is 8.08. The molecule has 0 radical (unpaired) electrons. The molecule has 0 bridgehead atoms. The minimum absolute atomic E-state index is 0.231. The number of nitrogens with two attached hydrogens (primary N) is 1. The fraction of sp³-hybridized carbons (Fsp3) is 0.143. The maximum Gasteiger partial charge on any atom is 0.123 e. The highest BCUT2D eigenvalue weighted by Gasteiger charge is 2.05. The summed E-state index contributed by atoms with van der Waals surface area (Å²) in [6.45, 7) is 3.84. The van der Waals surface area contributed by atoms with E-state index < -0.39 is 0 Å². The third-order valence-corrected chi connectivity index (χ3v) is 2.75. The molecule has 0 saturated carbocycles. The number of halogens is 1. The number of aryl methyl sites for hydroxylation is 2. The van der Waals surface area contributed by atoms with Crippen molar-refractivity contribution in [3.8, 4) is 0 Å². The molecule has 0 atom stereocenters. The van der Waals surface area contributed by atoms with E-state index in [1.54, 1.807) is 6.07 Å². The Bertz CT molecular complexity index is 530. The van der Waals surface area contributed by atoms with Crippen molar-refractivity contribution in [2.45, 2.75) is 13.8 Å². The molecule has 2 aromatic rings. The van der Waals surface area contributed by atoms with Gasteiger partial charge in [-0.3, -0.25) is 0 Å². The molecule has 0 saturated heterocycles. The zero-order valence-corrected chi connectivity index (χ0v) is 9.92. The largest absolute Gasteiger partial charge is 0.397 e. The van der Waals surface area contributed by atoms with Crippen LogP contribution in [0.5, 0.6) is 0 Å². The van der Waals surface area contributed by atoms with Gasteiger partial charge in [-0.15, -0.1) is 0 Å². The van der Waals surface area contributed by atoms with Gasteiger partial charge in [0.2, 0.25) is 0 Å². The van der Waals surface area contributed by atoms with Crippen molar-refractivity contribution in [1.82, 2.24) is 0 Å². The third-order valence-electron chi connectivity index (χ3n) is 2.75. The summed E-state index contributed by atoms with van der Waals surface area (Å²) >= 11 is 0. The highest BCUT2D eigenvalue weighted by Crippen LogP contribution is 2.28. The van der Waals surface area contributed by atoms with Crippen LogP contribution >= 0.6 is 0 Å². The van der Waals surface area contributed by atoms with Crippen molar-refractivity contribution in [2.24, 2.45) is 0 Å². The summed E-state index contributed by atoms with van der Waals surface area (Å²) in [4.78, 5) is 0. The second kappa shape index (κ2) is 4.45. The van der Waals surface area contributed by atoms with Gasteiger partial charge < -0.3 is 11.1 Å². The number of hydrogen-bond donors (Lipinski definition) is 2. The molecule has 0 aliphatic rings. The summed E-state index contributed by atoms with van der Waals surface area (Å²) in [5.41, 5.74) is 10.3. The molecule has 0 amide bonds. The Morgan fingerprint density at radius 1 is 1.06 bits per heavy atom. The normalized spacial score (nSPS) is 10.3. The Hall–Kier alpha value is -2.03. The van der Waals surface area contributed by atoms with Gasteiger partial charge in [-0.25, -0.2) is 4.39 Å². The molecule has 2 rings (SSSR count). The fourth-order valence-corrected chi connectivity index (χ4v) is 1.76. The van der Waals surface area contributed by atoms with Gasteiger partial charge in [-0.1, -0.05) is 12.1 Å². The van der Waals surface area contributed by atoms with Crippen LogP contribution in [0, 0.1) is 19.7 Å².